The number of amides is 1. The molecule has 0 aromatic heterocycles. The minimum absolute atomic E-state index is 0.0249. The molecule has 6 heteroatoms. The van der Waals surface area contributed by atoms with Crippen molar-refractivity contribution < 1.29 is 19.1 Å². The number of nitriles is 1. The lowest BCUT2D eigenvalue weighted by atomic mass is 9.85. The van der Waals surface area contributed by atoms with Gasteiger partial charge in [0.2, 0.25) is 0 Å². The van der Waals surface area contributed by atoms with Crippen molar-refractivity contribution in [2.24, 2.45) is 11.8 Å². The molecule has 158 valence electrons. The summed E-state index contributed by atoms with van der Waals surface area (Å²) in [6, 6.07) is 9.42. The van der Waals surface area contributed by atoms with Crippen LogP contribution in [0, 0.1) is 23.2 Å². The van der Waals surface area contributed by atoms with E-state index in [0.29, 0.717) is 31.5 Å². The molecule has 0 spiro atoms. The van der Waals surface area contributed by atoms with Gasteiger partial charge in [-0.15, -0.1) is 0 Å². The summed E-state index contributed by atoms with van der Waals surface area (Å²) in [7, 11) is 0. The fourth-order valence-corrected chi connectivity index (χ4v) is 3.45. The van der Waals surface area contributed by atoms with Crippen LogP contribution in [0.1, 0.15) is 59.1 Å². The smallest absolute Gasteiger partial charge is 0.410 e. The number of likely N-dealkylation sites (tertiary alicyclic amines) is 1. The second-order valence-corrected chi connectivity index (χ2v) is 9.63. The van der Waals surface area contributed by atoms with E-state index in [4.69, 9.17) is 14.7 Å². The minimum Gasteiger partial charge on any atom is -0.460 e. The first kappa shape index (κ1) is 22.7. The Labute approximate surface area is 173 Å². The van der Waals surface area contributed by atoms with Crippen molar-refractivity contribution in [3.05, 3.63) is 35.4 Å². The number of esters is 1. The first-order chi connectivity index (χ1) is 13.4. The topological polar surface area (TPSA) is 79.6 Å². The zero-order valence-corrected chi connectivity index (χ0v) is 18.3. The van der Waals surface area contributed by atoms with Crippen molar-refractivity contribution in [2.45, 2.75) is 65.6 Å². The molecule has 0 radical (unpaired) electrons. The number of benzene rings is 1. The second kappa shape index (κ2) is 8.86. The molecule has 0 aliphatic carbocycles. The fraction of sp³-hybridized carbons (Fsp3) is 0.609. The van der Waals surface area contributed by atoms with Gasteiger partial charge in [-0.1, -0.05) is 12.1 Å². The van der Waals surface area contributed by atoms with Gasteiger partial charge in [0.05, 0.1) is 17.6 Å². The molecule has 1 fully saturated rings. The Bertz CT molecular complexity index is 783. The van der Waals surface area contributed by atoms with E-state index in [1.54, 1.807) is 17.0 Å². The molecule has 1 aliphatic rings. The summed E-state index contributed by atoms with van der Waals surface area (Å²) in [5.74, 6) is -0.686. The molecule has 0 unspecified atom stereocenters. The Morgan fingerprint density at radius 1 is 1.17 bits per heavy atom. The highest BCUT2D eigenvalue weighted by molar-refractivity contribution is 5.74. The van der Waals surface area contributed by atoms with Crippen LogP contribution in [0.15, 0.2) is 24.3 Å². The van der Waals surface area contributed by atoms with Crippen molar-refractivity contribution in [1.82, 2.24) is 4.90 Å². The van der Waals surface area contributed by atoms with Gasteiger partial charge in [0.1, 0.15) is 11.2 Å². The molecule has 1 amide bonds. The molecule has 2 atom stereocenters. The van der Waals surface area contributed by atoms with E-state index in [1.807, 2.05) is 53.7 Å². The number of hydrogen-bond acceptors (Lipinski definition) is 5. The lowest BCUT2D eigenvalue weighted by Gasteiger charge is -2.28. The molecular weight excluding hydrogens is 368 g/mol. The normalized spacial score (nSPS) is 18.1. The molecule has 6 nitrogen and oxygen atoms in total. The van der Waals surface area contributed by atoms with E-state index in [0.717, 1.165) is 5.56 Å². The van der Waals surface area contributed by atoms with E-state index in [1.165, 1.54) is 0 Å². The van der Waals surface area contributed by atoms with Crippen LogP contribution in [0.4, 0.5) is 4.79 Å². The first-order valence-electron chi connectivity index (χ1n) is 10.1. The summed E-state index contributed by atoms with van der Waals surface area (Å²) in [5, 5.41) is 9.16. The predicted octanol–water partition coefficient (Wildman–Crippen LogP) is 4.32. The Kier molecular flexibility index (Phi) is 6.94. The minimum atomic E-state index is -0.590. The van der Waals surface area contributed by atoms with Crippen LogP contribution in [0.2, 0.25) is 0 Å². The molecule has 1 aromatic carbocycles. The molecule has 1 heterocycles. The molecular formula is C23H32N2O4. The third kappa shape index (κ3) is 7.08. The zero-order chi connectivity index (χ0) is 21.8. The summed E-state index contributed by atoms with van der Waals surface area (Å²) in [4.78, 5) is 27.1. The number of hydrogen-bond donors (Lipinski definition) is 0. The highest BCUT2D eigenvalue weighted by Gasteiger charge is 2.39. The van der Waals surface area contributed by atoms with Crippen LogP contribution in [-0.2, 0) is 20.7 Å². The standard InChI is InChI=1S/C23H32N2O4/c1-22(2,3)28-20(26)19(13-16-8-7-9-17(12-16)14-24)18-10-11-25(15-18)21(27)29-23(4,5)6/h7-9,12,18-19H,10-11,13,15H2,1-6H3/t18-,19-/m0/s1. The van der Waals surface area contributed by atoms with Crippen LogP contribution >= 0.6 is 0 Å². The van der Waals surface area contributed by atoms with Crippen molar-refractivity contribution >= 4 is 12.1 Å². The Morgan fingerprint density at radius 2 is 1.83 bits per heavy atom. The van der Waals surface area contributed by atoms with E-state index < -0.39 is 17.1 Å². The monoisotopic (exact) mass is 400 g/mol. The molecule has 29 heavy (non-hydrogen) atoms. The quantitative estimate of drug-likeness (QED) is 0.704. The first-order valence-corrected chi connectivity index (χ1v) is 10.1. The molecule has 1 aliphatic heterocycles. The summed E-state index contributed by atoms with van der Waals surface area (Å²) in [6.07, 6.45) is 0.827. The van der Waals surface area contributed by atoms with Crippen molar-refractivity contribution in [2.75, 3.05) is 13.1 Å². The van der Waals surface area contributed by atoms with Crippen LogP contribution in [0.5, 0.6) is 0 Å². The number of nitrogens with zero attached hydrogens (tertiary/aromatic N) is 2. The van der Waals surface area contributed by atoms with Crippen LogP contribution in [0.3, 0.4) is 0 Å². The lowest BCUT2D eigenvalue weighted by Crippen LogP contribution is -2.38. The van der Waals surface area contributed by atoms with Gasteiger partial charge in [-0.25, -0.2) is 4.79 Å². The second-order valence-electron chi connectivity index (χ2n) is 9.63. The van der Waals surface area contributed by atoms with Gasteiger partial charge in [0.15, 0.2) is 0 Å². The Balaban J connectivity index is 2.18. The largest absolute Gasteiger partial charge is 0.460 e. The van der Waals surface area contributed by atoms with Crippen molar-refractivity contribution in [1.29, 1.82) is 5.26 Å². The van der Waals surface area contributed by atoms with Crippen LogP contribution in [-0.4, -0.2) is 41.3 Å². The summed E-state index contributed by atoms with van der Waals surface area (Å²) in [6.45, 7) is 12.1. The van der Waals surface area contributed by atoms with Crippen LogP contribution < -0.4 is 0 Å². The number of rotatable bonds is 4. The summed E-state index contributed by atoms with van der Waals surface area (Å²) >= 11 is 0. The van der Waals surface area contributed by atoms with Crippen molar-refractivity contribution in [3.8, 4) is 6.07 Å². The highest BCUT2D eigenvalue weighted by Crippen LogP contribution is 2.30. The van der Waals surface area contributed by atoms with Gasteiger partial charge in [-0.3, -0.25) is 4.79 Å². The van der Waals surface area contributed by atoms with Crippen molar-refractivity contribution in [3.63, 3.8) is 0 Å². The SMILES string of the molecule is CC(C)(C)OC(=O)[C@@H](Cc1cccc(C#N)c1)[C@H]1CCN(C(=O)OC(C)(C)C)C1. The zero-order valence-electron chi connectivity index (χ0n) is 18.3. The van der Waals surface area contributed by atoms with E-state index in [-0.39, 0.29) is 18.0 Å². The van der Waals surface area contributed by atoms with E-state index >= 15 is 0 Å². The fourth-order valence-electron chi connectivity index (χ4n) is 3.45. The molecule has 1 saturated heterocycles. The van der Waals surface area contributed by atoms with Crippen LogP contribution in [0.25, 0.3) is 0 Å². The maximum absolute atomic E-state index is 13.0. The molecule has 0 bridgehead atoms. The number of carbonyl (C=O) groups excluding carboxylic acids is 2. The maximum atomic E-state index is 13.0. The molecule has 1 aromatic rings. The molecule has 2 rings (SSSR count). The van der Waals surface area contributed by atoms with Gasteiger partial charge >= 0.3 is 12.1 Å². The predicted molar refractivity (Wildman–Crippen MR) is 110 cm³/mol. The lowest BCUT2D eigenvalue weighted by molar-refractivity contribution is -0.161. The average molecular weight is 401 g/mol. The Hall–Kier alpha value is -2.55. The molecule has 0 N–H and O–H groups in total. The third-order valence-corrected chi connectivity index (χ3v) is 4.67. The highest BCUT2D eigenvalue weighted by atomic mass is 16.6. The third-order valence-electron chi connectivity index (χ3n) is 4.67. The van der Waals surface area contributed by atoms with E-state index in [2.05, 4.69) is 6.07 Å². The summed E-state index contributed by atoms with van der Waals surface area (Å²) in [5.41, 5.74) is 0.327. The van der Waals surface area contributed by atoms with Gasteiger partial charge < -0.3 is 14.4 Å². The van der Waals surface area contributed by atoms with Gasteiger partial charge in [-0.05, 0) is 78.0 Å². The molecule has 0 saturated carbocycles. The number of ether oxygens (including phenoxy) is 2. The summed E-state index contributed by atoms with van der Waals surface area (Å²) < 4.78 is 11.2. The van der Waals surface area contributed by atoms with Gasteiger partial charge in [0.25, 0.3) is 0 Å². The Morgan fingerprint density at radius 3 is 2.41 bits per heavy atom. The van der Waals surface area contributed by atoms with Gasteiger partial charge in [-0.2, -0.15) is 5.26 Å². The van der Waals surface area contributed by atoms with Gasteiger partial charge in [0, 0.05) is 13.1 Å². The number of carbonyl (C=O) groups is 2. The van der Waals surface area contributed by atoms with E-state index in [9.17, 15) is 9.59 Å². The maximum Gasteiger partial charge on any atom is 0.410 e. The average Bonchev–Trinajstić information content (AvgIpc) is 3.06.